The second-order valence-electron chi connectivity index (χ2n) is 5.53. The predicted octanol–water partition coefficient (Wildman–Crippen LogP) is 3.23. The monoisotopic (exact) mass is 397 g/mol. The average Bonchev–Trinajstić information content (AvgIpc) is 2.69. The zero-order valence-corrected chi connectivity index (χ0v) is 18.0. The van der Waals surface area contributed by atoms with E-state index in [0.29, 0.717) is 11.3 Å². The molecule has 0 saturated heterocycles. The van der Waals surface area contributed by atoms with Crippen molar-refractivity contribution in [3.63, 3.8) is 0 Å². The lowest BCUT2D eigenvalue weighted by atomic mass is 10.0. The number of nitrogens with one attached hydrogen (secondary N) is 3. The smallest absolute Gasteiger partial charge is 0.450 e. The summed E-state index contributed by atoms with van der Waals surface area (Å²) in [5.74, 6) is -0.473. The van der Waals surface area contributed by atoms with E-state index in [1.807, 2.05) is 41.5 Å². The summed E-state index contributed by atoms with van der Waals surface area (Å²) in [5.41, 5.74) is 1.21. The van der Waals surface area contributed by atoms with Gasteiger partial charge in [-0.1, -0.05) is 53.7 Å². The molecule has 8 nitrogen and oxygen atoms in total. The lowest BCUT2D eigenvalue weighted by Gasteiger charge is -2.19. The van der Waals surface area contributed by atoms with Gasteiger partial charge in [-0.3, -0.25) is 9.59 Å². The van der Waals surface area contributed by atoms with E-state index < -0.39 is 6.16 Å². The van der Waals surface area contributed by atoms with Crippen LogP contribution in [0.4, 0.5) is 10.5 Å². The first kappa shape index (κ1) is 27.6. The van der Waals surface area contributed by atoms with Gasteiger partial charge in [0.15, 0.2) is 0 Å². The number of hydrogen-bond donors (Lipinski definition) is 4. The maximum Gasteiger partial charge on any atom is 0.506 e. The lowest BCUT2D eigenvalue weighted by Crippen LogP contribution is -2.47. The van der Waals surface area contributed by atoms with Gasteiger partial charge in [0.05, 0.1) is 12.6 Å². The maximum atomic E-state index is 11.9. The van der Waals surface area contributed by atoms with Crippen molar-refractivity contribution in [3.05, 3.63) is 29.8 Å². The van der Waals surface area contributed by atoms with E-state index in [2.05, 4.69) is 20.7 Å². The molecular formula is C20H35N3O5. The van der Waals surface area contributed by atoms with Crippen molar-refractivity contribution >= 4 is 23.7 Å². The van der Waals surface area contributed by atoms with E-state index in [-0.39, 0.29) is 36.9 Å². The molecule has 8 heteroatoms. The van der Waals surface area contributed by atoms with Crippen molar-refractivity contribution in [2.45, 2.75) is 54.2 Å². The predicted molar refractivity (Wildman–Crippen MR) is 111 cm³/mol. The van der Waals surface area contributed by atoms with Crippen LogP contribution in [0.25, 0.3) is 0 Å². The Kier molecular flexibility index (Phi) is 16.3. The quantitative estimate of drug-likeness (QED) is 0.500. The molecule has 28 heavy (non-hydrogen) atoms. The van der Waals surface area contributed by atoms with E-state index >= 15 is 0 Å². The summed E-state index contributed by atoms with van der Waals surface area (Å²) in [6.45, 7) is 11.6. The fourth-order valence-corrected chi connectivity index (χ4v) is 2.08. The number of likely N-dealkylation sites (N-methyl/N-ethyl adjacent to an activating group) is 1. The molecule has 2 amide bonds. The van der Waals surface area contributed by atoms with Gasteiger partial charge >= 0.3 is 6.16 Å². The van der Waals surface area contributed by atoms with Crippen LogP contribution in [0.15, 0.2) is 24.3 Å². The number of carboxylic acid groups (broad SMARTS) is 1. The summed E-state index contributed by atoms with van der Waals surface area (Å²) in [5, 5.41) is 16.6. The molecule has 0 aliphatic heterocycles. The Morgan fingerprint density at radius 1 is 1.04 bits per heavy atom. The van der Waals surface area contributed by atoms with E-state index in [1.165, 1.54) is 0 Å². The third-order valence-electron chi connectivity index (χ3n) is 3.28. The highest BCUT2D eigenvalue weighted by molar-refractivity contribution is 5.95. The van der Waals surface area contributed by atoms with Gasteiger partial charge in [0.2, 0.25) is 11.8 Å². The van der Waals surface area contributed by atoms with Crippen molar-refractivity contribution in [2.75, 3.05) is 18.9 Å². The van der Waals surface area contributed by atoms with Gasteiger partial charge in [-0.05, 0) is 30.7 Å². The number of rotatable bonds is 8. The number of ether oxygens (including phenoxy) is 1. The summed E-state index contributed by atoms with van der Waals surface area (Å²) in [4.78, 5) is 34.1. The number of hydrogen-bond acceptors (Lipinski definition) is 5. The van der Waals surface area contributed by atoms with Gasteiger partial charge in [-0.15, -0.1) is 0 Å². The minimum atomic E-state index is -1.34. The minimum absolute atomic E-state index is 0.0553. The van der Waals surface area contributed by atoms with Crippen LogP contribution in [0.3, 0.4) is 0 Å². The SMILES string of the molecule is CC.CC.CNC(C(=O)NCC(=O)Nc1ccc(COC(=O)O)cc1)C(C)C. The molecule has 160 valence electrons. The van der Waals surface area contributed by atoms with E-state index in [1.54, 1.807) is 31.3 Å². The highest BCUT2D eigenvalue weighted by Crippen LogP contribution is 2.10. The van der Waals surface area contributed by atoms with Gasteiger partial charge in [0.1, 0.15) is 6.61 Å². The molecule has 0 saturated carbocycles. The Balaban J connectivity index is 0. The Morgan fingerprint density at radius 2 is 1.57 bits per heavy atom. The van der Waals surface area contributed by atoms with Crippen molar-refractivity contribution < 1.29 is 24.2 Å². The molecule has 0 bridgehead atoms. The van der Waals surface area contributed by atoms with Crippen LogP contribution in [0.5, 0.6) is 0 Å². The Morgan fingerprint density at radius 3 is 2.00 bits per heavy atom. The fraction of sp³-hybridized carbons (Fsp3) is 0.550. The Hall–Kier alpha value is -2.61. The molecule has 0 aliphatic rings. The number of carbonyl (C=O) groups is 3. The first-order chi connectivity index (χ1) is 13.3. The normalized spacial score (nSPS) is 10.4. The third-order valence-corrected chi connectivity index (χ3v) is 3.28. The topological polar surface area (TPSA) is 117 Å². The number of benzene rings is 1. The minimum Gasteiger partial charge on any atom is -0.450 e. The molecule has 0 heterocycles. The Labute approximate surface area is 168 Å². The summed E-state index contributed by atoms with van der Waals surface area (Å²) in [6, 6.07) is 6.20. The largest absolute Gasteiger partial charge is 0.506 e. The summed E-state index contributed by atoms with van der Waals surface area (Å²) in [7, 11) is 1.69. The average molecular weight is 398 g/mol. The van der Waals surface area contributed by atoms with Crippen LogP contribution in [-0.2, 0) is 20.9 Å². The molecule has 1 aromatic carbocycles. The van der Waals surface area contributed by atoms with E-state index in [4.69, 9.17) is 5.11 Å². The van der Waals surface area contributed by atoms with Crippen LogP contribution in [0, 0.1) is 5.92 Å². The van der Waals surface area contributed by atoms with Crippen molar-refractivity contribution in [1.29, 1.82) is 0 Å². The van der Waals surface area contributed by atoms with Crippen LogP contribution in [0.1, 0.15) is 47.1 Å². The summed E-state index contributed by atoms with van der Waals surface area (Å²) < 4.78 is 4.44. The van der Waals surface area contributed by atoms with Crippen molar-refractivity contribution in [1.82, 2.24) is 10.6 Å². The zero-order valence-electron chi connectivity index (χ0n) is 18.0. The van der Waals surface area contributed by atoms with Gasteiger partial charge in [-0.25, -0.2) is 4.79 Å². The Bertz CT molecular complexity index is 574. The number of carbonyl (C=O) groups excluding carboxylic acids is 2. The number of anilines is 1. The molecular weight excluding hydrogens is 362 g/mol. The molecule has 0 fully saturated rings. The van der Waals surface area contributed by atoms with Gasteiger partial charge in [0, 0.05) is 5.69 Å². The maximum absolute atomic E-state index is 11.9. The first-order valence-electron chi connectivity index (χ1n) is 9.53. The van der Waals surface area contributed by atoms with Crippen molar-refractivity contribution in [2.24, 2.45) is 5.92 Å². The number of amides is 2. The first-order valence-corrected chi connectivity index (χ1v) is 9.53. The zero-order chi connectivity index (χ0) is 22.1. The van der Waals surface area contributed by atoms with Crippen LogP contribution in [-0.4, -0.2) is 42.7 Å². The standard InChI is InChI=1S/C16H23N3O5.2C2H6/c1-10(2)14(17-3)15(21)18-8-13(20)19-12-6-4-11(5-7-12)9-24-16(22)23;2*1-2/h4-7,10,14,17H,8-9H2,1-3H3,(H,18,21)(H,19,20)(H,22,23);2*1-2H3. The molecule has 0 radical (unpaired) electrons. The highest BCUT2D eigenvalue weighted by Gasteiger charge is 2.20. The molecule has 0 aromatic heterocycles. The molecule has 0 aliphatic carbocycles. The van der Waals surface area contributed by atoms with Crippen LogP contribution in [0.2, 0.25) is 0 Å². The van der Waals surface area contributed by atoms with Gasteiger partial charge < -0.3 is 25.8 Å². The molecule has 1 atom stereocenters. The lowest BCUT2D eigenvalue weighted by molar-refractivity contribution is -0.126. The highest BCUT2D eigenvalue weighted by atomic mass is 16.7. The fourth-order valence-electron chi connectivity index (χ4n) is 2.08. The molecule has 4 N–H and O–H groups in total. The summed E-state index contributed by atoms with van der Waals surface area (Å²) in [6.07, 6.45) is -1.34. The van der Waals surface area contributed by atoms with E-state index in [9.17, 15) is 14.4 Å². The van der Waals surface area contributed by atoms with Crippen molar-refractivity contribution in [3.8, 4) is 0 Å². The molecule has 1 unspecified atom stereocenters. The van der Waals surface area contributed by atoms with Crippen LogP contribution < -0.4 is 16.0 Å². The second kappa shape index (κ2) is 16.6. The molecule has 0 spiro atoms. The third kappa shape index (κ3) is 11.9. The molecule has 1 rings (SSSR count). The van der Waals surface area contributed by atoms with Crippen LogP contribution >= 0.6 is 0 Å². The van der Waals surface area contributed by atoms with Gasteiger partial charge in [-0.2, -0.15) is 0 Å². The summed E-state index contributed by atoms with van der Waals surface area (Å²) >= 11 is 0. The molecule has 1 aromatic rings. The second-order valence-corrected chi connectivity index (χ2v) is 5.53. The van der Waals surface area contributed by atoms with Gasteiger partial charge in [0.25, 0.3) is 0 Å². The van der Waals surface area contributed by atoms with E-state index in [0.717, 1.165) is 0 Å².